The number of hydrogen-bond donors (Lipinski definition) is 2. The number of halogens is 3. The van der Waals surface area contributed by atoms with Crippen molar-refractivity contribution in [1.82, 2.24) is 5.32 Å². The van der Waals surface area contributed by atoms with Gasteiger partial charge in [0.15, 0.2) is 0 Å². The molecule has 0 aliphatic heterocycles. The van der Waals surface area contributed by atoms with E-state index < -0.39 is 17.6 Å². The zero-order chi connectivity index (χ0) is 15.3. The molecular weight excluding hydrogens is 281 g/mol. The van der Waals surface area contributed by atoms with Gasteiger partial charge in [-0.1, -0.05) is 0 Å². The molecule has 6 heteroatoms. The van der Waals surface area contributed by atoms with Crippen LogP contribution in [0.15, 0.2) is 18.2 Å². The molecular formula is C15H17F3N2O. The third-order valence-corrected chi connectivity index (χ3v) is 4.56. The average Bonchev–Trinajstić information content (AvgIpc) is 3.25. The lowest BCUT2D eigenvalue weighted by atomic mass is 10.0. The van der Waals surface area contributed by atoms with E-state index in [4.69, 9.17) is 5.73 Å². The van der Waals surface area contributed by atoms with Crippen LogP contribution in [0.3, 0.4) is 0 Å². The Balaban J connectivity index is 1.70. The molecule has 0 unspecified atom stereocenters. The Morgan fingerprint density at radius 3 is 2.52 bits per heavy atom. The predicted molar refractivity (Wildman–Crippen MR) is 72.6 cm³/mol. The number of nitrogens with two attached hydrogens (primary N) is 1. The van der Waals surface area contributed by atoms with E-state index in [1.165, 1.54) is 18.9 Å². The second kappa shape index (κ2) is 4.64. The van der Waals surface area contributed by atoms with Gasteiger partial charge in [0.2, 0.25) is 0 Å². The molecule has 2 aliphatic rings. The van der Waals surface area contributed by atoms with Crippen molar-refractivity contribution in [2.45, 2.75) is 31.9 Å². The maximum atomic E-state index is 12.8. The van der Waals surface area contributed by atoms with Crippen molar-refractivity contribution in [3.05, 3.63) is 29.3 Å². The highest BCUT2D eigenvalue weighted by atomic mass is 19.4. The summed E-state index contributed by atoms with van der Waals surface area (Å²) < 4.78 is 38.3. The highest BCUT2D eigenvalue weighted by Crippen LogP contribution is 2.60. The Morgan fingerprint density at radius 1 is 1.33 bits per heavy atom. The van der Waals surface area contributed by atoms with E-state index >= 15 is 0 Å². The summed E-state index contributed by atoms with van der Waals surface area (Å²) in [6.07, 6.45) is 0.0685. The van der Waals surface area contributed by atoms with Gasteiger partial charge in [0.1, 0.15) is 0 Å². The molecule has 3 N–H and O–H groups in total. The Hall–Kier alpha value is -1.72. The first-order chi connectivity index (χ1) is 9.82. The molecule has 0 bridgehead atoms. The van der Waals surface area contributed by atoms with E-state index in [-0.39, 0.29) is 16.7 Å². The van der Waals surface area contributed by atoms with Crippen LogP contribution in [-0.2, 0) is 6.18 Å². The van der Waals surface area contributed by atoms with Crippen LogP contribution in [0.4, 0.5) is 18.9 Å². The summed E-state index contributed by atoms with van der Waals surface area (Å²) in [4.78, 5) is 12.0. The third kappa shape index (κ3) is 2.84. The Bertz CT molecular complexity index is 575. The van der Waals surface area contributed by atoms with Crippen LogP contribution in [-0.4, -0.2) is 12.5 Å². The minimum atomic E-state index is -4.55. The van der Waals surface area contributed by atoms with Gasteiger partial charge in [-0.2, -0.15) is 13.2 Å². The number of anilines is 1. The fraction of sp³-hybridized carbons (Fsp3) is 0.533. The number of nitrogen functional groups attached to an aromatic ring is 1. The van der Waals surface area contributed by atoms with Gasteiger partial charge in [-0.3, -0.25) is 4.79 Å². The SMILES string of the molecule is Nc1ccc(C(=O)NCC2(C3CC3)CC2)cc1C(F)(F)F. The lowest BCUT2D eigenvalue weighted by molar-refractivity contribution is -0.136. The summed E-state index contributed by atoms with van der Waals surface area (Å²) in [5.41, 5.74) is 4.22. The molecule has 2 aliphatic carbocycles. The lowest BCUT2D eigenvalue weighted by Crippen LogP contribution is -2.31. The largest absolute Gasteiger partial charge is 0.418 e. The fourth-order valence-corrected chi connectivity index (χ4v) is 2.89. The van der Waals surface area contributed by atoms with Crippen LogP contribution in [0.1, 0.15) is 41.6 Å². The van der Waals surface area contributed by atoms with Crippen molar-refractivity contribution in [2.24, 2.45) is 11.3 Å². The van der Waals surface area contributed by atoms with E-state index in [2.05, 4.69) is 5.32 Å². The first-order valence-corrected chi connectivity index (χ1v) is 7.07. The van der Waals surface area contributed by atoms with Gasteiger partial charge in [-0.05, 0) is 55.2 Å². The number of nitrogens with one attached hydrogen (secondary N) is 1. The summed E-state index contributed by atoms with van der Waals surface area (Å²) in [7, 11) is 0. The zero-order valence-corrected chi connectivity index (χ0v) is 11.5. The van der Waals surface area contributed by atoms with Gasteiger partial charge in [0.25, 0.3) is 5.91 Å². The quantitative estimate of drug-likeness (QED) is 0.839. The van der Waals surface area contributed by atoms with E-state index in [1.807, 2.05) is 0 Å². The minimum Gasteiger partial charge on any atom is -0.398 e. The van der Waals surface area contributed by atoms with Crippen LogP contribution < -0.4 is 11.1 Å². The van der Waals surface area contributed by atoms with E-state index in [9.17, 15) is 18.0 Å². The lowest BCUT2D eigenvalue weighted by Gasteiger charge is -2.16. The fourth-order valence-electron chi connectivity index (χ4n) is 2.89. The van der Waals surface area contributed by atoms with Crippen LogP contribution in [0.2, 0.25) is 0 Å². The van der Waals surface area contributed by atoms with Gasteiger partial charge in [0.05, 0.1) is 5.56 Å². The normalized spacial score (nSPS) is 20.1. The van der Waals surface area contributed by atoms with Crippen molar-refractivity contribution in [3.8, 4) is 0 Å². The van der Waals surface area contributed by atoms with Crippen molar-refractivity contribution < 1.29 is 18.0 Å². The van der Waals surface area contributed by atoms with E-state index in [0.717, 1.165) is 25.0 Å². The maximum Gasteiger partial charge on any atom is 0.418 e. The molecule has 1 aromatic rings. The molecule has 2 saturated carbocycles. The average molecular weight is 298 g/mol. The number of amides is 1. The summed E-state index contributed by atoms with van der Waals surface area (Å²) in [5, 5.41) is 2.77. The van der Waals surface area contributed by atoms with Crippen LogP contribution in [0.5, 0.6) is 0 Å². The molecule has 3 rings (SSSR count). The number of carbonyl (C=O) groups is 1. The molecule has 0 spiro atoms. The van der Waals surface area contributed by atoms with Crippen molar-refractivity contribution in [2.75, 3.05) is 12.3 Å². The first-order valence-electron chi connectivity index (χ1n) is 7.07. The van der Waals surface area contributed by atoms with Crippen molar-refractivity contribution in [3.63, 3.8) is 0 Å². The van der Waals surface area contributed by atoms with Gasteiger partial charge < -0.3 is 11.1 Å². The monoisotopic (exact) mass is 298 g/mol. The van der Waals surface area contributed by atoms with Gasteiger partial charge in [-0.15, -0.1) is 0 Å². The molecule has 2 fully saturated rings. The maximum absolute atomic E-state index is 12.8. The molecule has 1 amide bonds. The zero-order valence-electron chi connectivity index (χ0n) is 11.5. The molecule has 0 saturated heterocycles. The first kappa shape index (κ1) is 14.2. The Morgan fingerprint density at radius 2 is 2.00 bits per heavy atom. The highest BCUT2D eigenvalue weighted by Gasteiger charge is 2.53. The summed E-state index contributed by atoms with van der Waals surface area (Å²) in [5.74, 6) is 0.224. The minimum absolute atomic E-state index is 0.00289. The van der Waals surface area contributed by atoms with E-state index in [0.29, 0.717) is 12.5 Å². The van der Waals surface area contributed by atoms with Gasteiger partial charge >= 0.3 is 6.18 Å². The third-order valence-electron chi connectivity index (χ3n) is 4.56. The molecule has 114 valence electrons. The number of hydrogen-bond acceptors (Lipinski definition) is 2. The molecule has 1 aromatic carbocycles. The summed E-state index contributed by atoms with van der Waals surface area (Å²) in [6, 6.07) is 3.28. The van der Waals surface area contributed by atoms with Crippen LogP contribution in [0.25, 0.3) is 0 Å². The molecule has 0 heterocycles. The van der Waals surface area contributed by atoms with Crippen molar-refractivity contribution in [1.29, 1.82) is 0 Å². The molecule has 3 nitrogen and oxygen atoms in total. The molecule has 21 heavy (non-hydrogen) atoms. The molecule has 0 aromatic heterocycles. The number of alkyl halides is 3. The Kier molecular flexibility index (Phi) is 3.15. The van der Waals surface area contributed by atoms with Gasteiger partial charge in [-0.25, -0.2) is 0 Å². The number of rotatable bonds is 4. The molecule has 0 atom stereocenters. The molecule has 0 radical (unpaired) electrons. The van der Waals surface area contributed by atoms with Gasteiger partial charge in [0, 0.05) is 17.8 Å². The summed E-state index contributed by atoms with van der Waals surface area (Å²) >= 11 is 0. The topological polar surface area (TPSA) is 55.1 Å². The van der Waals surface area contributed by atoms with Crippen molar-refractivity contribution >= 4 is 11.6 Å². The summed E-state index contributed by atoms with van der Waals surface area (Å²) in [6.45, 7) is 0.558. The number of benzene rings is 1. The smallest absolute Gasteiger partial charge is 0.398 e. The standard InChI is InChI=1S/C15H17F3N2O/c16-15(17,18)11-7-9(1-4-12(11)19)13(21)20-8-14(5-6-14)10-2-3-10/h1,4,7,10H,2-3,5-6,8,19H2,(H,20,21). The predicted octanol–water partition coefficient (Wildman–Crippen LogP) is 3.21. The highest BCUT2D eigenvalue weighted by molar-refractivity contribution is 5.95. The van der Waals surface area contributed by atoms with E-state index in [1.54, 1.807) is 0 Å². The van der Waals surface area contributed by atoms with Crippen LogP contribution in [0, 0.1) is 11.3 Å². The second-order valence-corrected chi connectivity index (χ2v) is 6.12. The van der Waals surface area contributed by atoms with Crippen LogP contribution >= 0.6 is 0 Å². The number of carbonyl (C=O) groups excluding carboxylic acids is 1. The Labute approximate surface area is 120 Å². The second-order valence-electron chi connectivity index (χ2n) is 6.12.